The van der Waals surface area contributed by atoms with Crippen molar-refractivity contribution in [1.82, 2.24) is 9.88 Å². The third-order valence-corrected chi connectivity index (χ3v) is 5.36. The number of anilines is 1. The van der Waals surface area contributed by atoms with Gasteiger partial charge in [-0.25, -0.2) is 0 Å². The molecule has 1 fully saturated rings. The number of hydrogen-bond donors (Lipinski definition) is 0. The van der Waals surface area contributed by atoms with E-state index in [-0.39, 0.29) is 5.91 Å². The number of benzene rings is 1. The van der Waals surface area contributed by atoms with Crippen LogP contribution in [0.3, 0.4) is 0 Å². The summed E-state index contributed by atoms with van der Waals surface area (Å²) in [5.74, 6) is 0.730. The minimum absolute atomic E-state index is 0.0668. The second-order valence-corrected chi connectivity index (χ2v) is 7.00. The molecule has 3 rings (SSSR count). The first-order valence-electron chi connectivity index (χ1n) is 9.75. The van der Waals surface area contributed by atoms with Crippen LogP contribution in [0.15, 0.2) is 48.7 Å². The first-order valence-corrected chi connectivity index (χ1v) is 9.75. The molecule has 0 spiro atoms. The molecule has 1 amide bonds. The molecule has 0 unspecified atom stereocenters. The summed E-state index contributed by atoms with van der Waals surface area (Å²) < 4.78 is 0. The van der Waals surface area contributed by atoms with Gasteiger partial charge in [-0.15, -0.1) is 0 Å². The van der Waals surface area contributed by atoms with Crippen molar-refractivity contribution >= 4 is 11.6 Å². The summed E-state index contributed by atoms with van der Waals surface area (Å²) >= 11 is 0. The zero-order chi connectivity index (χ0) is 18.4. The summed E-state index contributed by atoms with van der Waals surface area (Å²) in [4.78, 5) is 21.4. The van der Waals surface area contributed by atoms with Crippen molar-refractivity contribution in [3.8, 4) is 0 Å². The molecule has 1 aromatic carbocycles. The minimum Gasteiger partial charge on any atom is -0.372 e. The Balaban J connectivity index is 1.59. The molecule has 138 valence electrons. The van der Waals surface area contributed by atoms with E-state index >= 15 is 0 Å². The molecule has 0 atom stereocenters. The van der Waals surface area contributed by atoms with Crippen LogP contribution in [0.4, 0.5) is 5.69 Å². The summed E-state index contributed by atoms with van der Waals surface area (Å²) in [6.45, 7) is 7.77. The molecule has 0 bridgehead atoms. The van der Waals surface area contributed by atoms with Crippen molar-refractivity contribution in [3.63, 3.8) is 0 Å². The van der Waals surface area contributed by atoms with Crippen LogP contribution in [0.2, 0.25) is 0 Å². The second-order valence-electron chi connectivity index (χ2n) is 7.00. The third-order valence-electron chi connectivity index (χ3n) is 5.36. The highest BCUT2D eigenvalue weighted by atomic mass is 16.2. The number of hydrogen-bond acceptors (Lipinski definition) is 3. The maximum Gasteiger partial charge on any atom is 0.272 e. The number of carbonyl (C=O) groups is 1. The maximum absolute atomic E-state index is 12.9. The Bertz CT molecular complexity index is 704. The molecule has 0 saturated carbocycles. The fraction of sp³-hybridized carbons (Fsp3) is 0.455. The Morgan fingerprint density at radius 1 is 1.12 bits per heavy atom. The van der Waals surface area contributed by atoms with Gasteiger partial charge in [0, 0.05) is 38.1 Å². The zero-order valence-corrected chi connectivity index (χ0v) is 15.9. The van der Waals surface area contributed by atoms with E-state index in [1.54, 1.807) is 6.20 Å². The normalized spacial score (nSPS) is 15.1. The molecule has 26 heavy (non-hydrogen) atoms. The summed E-state index contributed by atoms with van der Waals surface area (Å²) in [6.07, 6.45) is 4.99. The number of piperidine rings is 1. The van der Waals surface area contributed by atoms with E-state index < -0.39 is 0 Å². The van der Waals surface area contributed by atoms with E-state index in [2.05, 4.69) is 54.1 Å². The molecular formula is C22H29N3O. The number of aromatic nitrogens is 1. The molecule has 1 aliphatic rings. The highest BCUT2D eigenvalue weighted by Gasteiger charge is 2.24. The van der Waals surface area contributed by atoms with Crippen molar-refractivity contribution in [2.24, 2.45) is 5.92 Å². The van der Waals surface area contributed by atoms with Crippen LogP contribution in [0.1, 0.15) is 42.7 Å². The number of pyridine rings is 1. The SMILES string of the molecule is CCN(CC)c1ccnc(C(=O)N2CCC(Cc3ccccc3)CC2)c1. The highest BCUT2D eigenvalue weighted by Crippen LogP contribution is 2.23. The Labute approximate surface area is 156 Å². The number of amides is 1. The summed E-state index contributed by atoms with van der Waals surface area (Å²) in [6, 6.07) is 14.6. The molecule has 4 nitrogen and oxygen atoms in total. The number of rotatable bonds is 6. The first kappa shape index (κ1) is 18.4. The lowest BCUT2D eigenvalue weighted by molar-refractivity contribution is 0.0684. The van der Waals surface area contributed by atoms with Gasteiger partial charge in [-0.05, 0) is 56.7 Å². The molecule has 2 heterocycles. The Kier molecular flexibility index (Phi) is 6.26. The third kappa shape index (κ3) is 4.43. The smallest absolute Gasteiger partial charge is 0.272 e. The monoisotopic (exact) mass is 351 g/mol. The average Bonchev–Trinajstić information content (AvgIpc) is 2.70. The van der Waals surface area contributed by atoms with Crippen molar-refractivity contribution in [1.29, 1.82) is 0 Å². The number of carbonyl (C=O) groups excluding carboxylic acids is 1. The Hall–Kier alpha value is -2.36. The first-order chi connectivity index (χ1) is 12.7. The topological polar surface area (TPSA) is 36.4 Å². The molecule has 0 N–H and O–H groups in total. The zero-order valence-electron chi connectivity index (χ0n) is 15.9. The predicted octanol–water partition coefficient (Wildman–Crippen LogP) is 4.02. The van der Waals surface area contributed by atoms with E-state index in [1.165, 1.54) is 5.56 Å². The van der Waals surface area contributed by atoms with Gasteiger partial charge >= 0.3 is 0 Å². The highest BCUT2D eigenvalue weighted by molar-refractivity contribution is 5.93. The van der Waals surface area contributed by atoms with Crippen LogP contribution in [-0.2, 0) is 6.42 Å². The number of nitrogens with zero attached hydrogens (tertiary/aromatic N) is 3. The van der Waals surface area contributed by atoms with Gasteiger partial charge in [0.1, 0.15) is 5.69 Å². The number of likely N-dealkylation sites (tertiary alicyclic amines) is 1. The average molecular weight is 351 g/mol. The molecule has 1 saturated heterocycles. The van der Waals surface area contributed by atoms with Crippen LogP contribution in [-0.4, -0.2) is 42.0 Å². The predicted molar refractivity (Wildman–Crippen MR) is 107 cm³/mol. The lowest BCUT2D eigenvalue weighted by atomic mass is 9.90. The van der Waals surface area contributed by atoms with Crippen molar-refractivity contribution < 1.29 is 4.79 Å². The van der Waals surface area contributed by atoms with Crippen LogP contribution in [0, 0.1) is 5.92 Å². The lowest BCUT2D eigenvalue weighted by Crippen LogP contribution is -2.39. The molecule has 4 heteroatoms. The van der Waals surface area contributed by atoms with E-state index in [0.717, 1.165) is 51.1 Å². The molecule has 2 aromatic rings. The van der Waals surface area contributed by atoms with Crippen LogP contribution < -0.4 is 4.90 Å². The second kappa shape index (κ2) is 8.84. The summed E-state index contributed by atoms with van der Waals surface area (Å²) in [7, 11) is 0. The summed E-state index contributed by atoms with van der Waals surface area (Å²) in [5, 5.41) is 0. The van der Waals surface area contributed by atoms with E-state index in [4.69, 9.17) is 0 Å². The van der Waals surface area contributed by atoms with Crippen LogP contribution >= 0.6 is 0 Å². The maximum atomic E-state index is 12.9. The van der Waals surface area contributed by atoms with Gasteiger partial charge in [-0.1, -0.05) is 30.3 Å². The molecule has 0 radical (unpaired) electrons. The Morgan fingerprint density at radius 2 is 1.81 bits per heavy atom. The minimum atomic E-state index is 0.0668. The Morgan fingerprint density at radius 3 is 2.46 bits per heavy atom. The van der Waals surface area contributed by atoms with E-state index in [0.29, 0.717) is 11.6 Å². The van der Waals surface area contributed by atoms with Gasteiger partial charge in [-0.2, -0.15) is 0 Å². The van der Waals surface area contributed by atoms with Crippen molar-refractivity contribution in [2.75, 3.05) is 31.1 Å². The van der Waals surface area contributed by atoms with Gasteiger partial charge in [0.25, 0.3) is 5.91 Å². The fourth-order valence-electron chi connectivity index (χ4n) is 3.77. The van der Waals surface area contributed by atoms with Gasteiger partial charge in [0.05, 0.1) is 0 Å². The van der Waals surface area contributed by atoms with E-state index in [9.17, 15) is 4.79 Å². The van der Waals surface area contributed by atoms with Gasteiger partial charge in [0.15, 0.2) is 0 Å². The lowest BCUT2D eigenvalue weighted by Gasteiger charge is -2.32. The van der Waals surface area contributed by atoms with Crippen LogP contribution in [0.25, 0.3) is 0 Å². The van der Waals surface area contributed by atoms with Crippen molar-refractivity contribution in [2.45, 2.75) is 33.1 Å². The van der Waals surface area contributed by atoms with Crippen molar-refractivity contribution in [3.05, 3.63) is 59.9 Å². The van der Waals surface area contributed by atoms with E-state index in [1.807, 2.05) is 17.0 Å². The fourth-order valence-corrected chi connectivity index (χ4v) is 3.77. The molecule has 0 aliphatic carbocycles. The largest absolute Gasteiger partial charge is 0.372 e. The van der Waals surface area contributed by atoms with Gasteiger partial charge in [-0.3, -0.25) is 9.78 Å². The van der Waals surface area contributed by atoms with Gasteiger partial charge in [0.2, 0.25) is 0 Å². The van der Waals surface area contributed by atoms with Crippen LogP contribution in [0.5, 0.6) is 0 Å². The molecule has 1 aromatic heterocycles. The van der Waals surface area contributed by atoms with Gasteiger partial charge < -0.3 is 9.80 Å². The molecular weight excluding hydrogens is 322 g/mol. The standard InChI is InChI=1S/C22H29N3O/c1-3-24(4-2)20-10-13-23-21(17-20)22(26)25-14-11-19(12-15-25)16-18-8-6-5-7-9-18/h5-10,13,17,19H,3-4,11-12,14-16H2,1-2H3. The summed E-state index contributed by atoms with van der Waals surface area (Å²) in [5.41, 5.74) is 3.04. The quantitative estimate of drug-likeness (QED) is 0.788. The molecule has 1 aliphatic heterocycles.